The number of hydrogen-bond donors (Lipinski definition) is 2. The van der Waals surface area contributed by atoms with Gasteiger partial charge in [0.25, 0.3) is 10.0 Å². The van der Waals surface area contributed by atoms with Crippen LogP contribution < -0.4 is 15.2 Å². The third-order valence-electron chi connectivity index (χ3n) is 4.87. The van der Waals surface area contributed by atoms with Crippen molar-refractivity contribution >= 4 is 21.8 Å². The first kappa shape index (κ1) is 18.4. The number of para-hydroxylation sites is 1. The van der Waals surface area contributed by atoms with Crippen molar-refractivity contribution in [3.05, 3.63) is 36.4 Å². The molecule has 1 saturated carbocycles. The van der Waals surface area contributed by atoms with Crippen LogP contribution in [-0.4, -0.2) is 26.8 Å². The average molecular weight is 378 g/mol. The summed E-state index contributed by atoms with van der Waals surface area (Å²) in [4.78, 5) is 24.4. The summed E-state index contributed by atoms with van der Waals surface area (Å²) in [6, 6.07) is 6.12. The Bertz CT molecular complexity index is 849. The van der Waals surface area contributed by atoms with Crippen molar-refractivity contribution in [2.45, 2.75) is 37.0 Å². The molecule has 0 radical (unpaired) electrons. The Morgan fingerprint density at radius 2 is 2.00 bits per heavy atom. The SMILES string of the molecule is NC(=O)[C@@]12C[C@H]1/C=C\CCCCCOc1ccccc1S(=O)(=O)NC2=O. The fourth-order valence-electron chi connectivity index (χ4n) is 3.22. The predicted octanol–water partition coefficient (Wildman–Crippen LogP) is 1.49. The molecule has 2 atom stereocenters. The number of hydrogen-bond acceptors (Lipinski definition) is 5. The highest BCUT2D eigenvalue weighted by Crippen LogP contribution is 2.53. The highest BCUT2D eigenvalue weighted by molar-refractivity contribution is 7.90. The second kappa shape index (κ2) is 7.11. The van der Waals surface area contributed by atoms with Gasteiger partial charge in [-0.2, -0.15) is 0 Å². The number of nitrogens with two attached hydrogens (primary N) is 1. The molecule has 1 heterocycles. The fourth-order valence-corrected chi connectivity index (χ4v) is 4.41. The summed E-state index contributed by atoms with van der Waals surface area (Å²) < 4.78 is 33.0. The van der Waals surface area contributed by atoms with Crippen molar-refractivity contribution in [1.82, 2.24) is 4.72 Å². The van der Waals surface area contributed by atoms with E-state index in [1.807, 2.05) is 10.8 Å². The fraction of sp³-hybridized carbons (Fsp3) is 0.444. The molecule has 140 valence electrons. The third-order valence-corrected chi connectivity index (χ3v) is 6.24. The topological polar surface area (TPSA) is 116 Å². The Balaban J connectivity index is 1.95. The quantitative estimate of drug-likeness (QED) is 0.567. The van der Waals surface area contributed by atoms with Gasteiger partial charge in [-0.25, -0.2) is 13.1 Å². The number of primary amides is 1. The molecule has 0 spiro atoms. The largest absolute Gasteiger partial charge is 0.492 e. The Morgan fingerprint density at radius 1 is 1.23 bits per heavy atom. The van der Waals surface area contributed by atoms with E-state index in [0.717, 1.165) is 25.7 Å². The molecule has 3 N–H and O–H groups in total. The summed E-state index contributed by atoms with van der Waals surface area (Å²) >= 11 is 0. The molecule has 8 heteroatoms. The molecule has 0 aromatic heterocycles. The molecule has 0 bridgehead atoms. The lowest BCUT2D eigenvalue weighted by Gasteiger charge is -2.15. The zero-order chi connectivity index (χ0) is 18.8. The number of nitrogens with one attached hydrogen (secondary N) is 1. The molecule has 1 aromatic rings. The number of rotatable bonds is 1. The number of sulfonamides is 1. The van der Waals surface area contributed by atoms with Crippen molar-refractivity contribution in [2.75, 3.05) is 6.61 Å². The van der Waals surface area contributed by atoms with Crippen LogP contribution in [-0.2, 0) is 19.6 Å². The Kier molecular flexibility index (Phi) is 5.04. The van der Waals surface area contributed by atoms with Gasteiger partial charge >= 0.3 is 0 Å². The van der Waals surface area contributed by atoms with Crippen molar-refractivity contribution < 1.29 is 22.7 Å². The molecule has 0 unspecified atom stereocenters. The molecule has 1 fully saturated rings. The molecule has 26 heavy (non-hydrogen) atoms. The van der Waals surface area contributed by atoms with E-state index >= 15 is 0 Å². The van der Waals surface area contributed by atoms with Crippen LogP contribution in [0.5, 0.6) is 5.75 Å². The summed E-state index contributed by atoms with van der Waals surface area (Å²) in [7, 11) is -4.18. The van der Waals surface area contributed by atoms with Gasteiger partial charge in [-0.1, -0.05) is 24.3 Å². The van der Waals surface area contributed by atoms with E-state index in [1.165, 1.54) is 6.07 Å². The summed E-state index contributed by atoms with van der Waals surface area (Å²) in [5.41, 5.74) is 3.92. The van der Waals surface area contributed by atoms with Gasteiger partial charge in [0.2, 0.25) is 11.8 Å². The molecular formula is C18H22N2O5S. The summed E-state index contributed by atoms with van der Waals surface area (Å²) in [5.74, 6) is -1.88. The number of allylic oxidation sites excluding steroid dienone is 2. The molecule has 3 rings (SSSR count). The minimum atomic E-state index is -4.18. The lowest BCUT2D eigenvalue weighted by molar-refractivity contribution is -0.134. The molecule has 7 nitrogen and oxygen atoms in total. The maximum absolute atomic E-state index is 12.7. The van der Waals surface area contributed by atoms with Crippen molar-refractivity contribution in [3.8, 4) is 5.75 Å². The first-order valence-corrected chi connectivity index (χ1v) is 10.1. The van der Waals surface area contributed by atoms with Crippen molar-refractivity contribution in [3.63, 3.8) is 0 Å². The number of amides is 2. The normalized spacial score (nSPS) is 29.5. The van der Waals surface area contributed by atoms with Gasteiger partial charge < -0.3 is 10.5 Å². The van der Waals surface area contributed by atoms with Gasteiger partial charge in [-0.3, -0.25) is 9.59 Å². The highest BCUT2D eigenvalue weighted by atomic mass is 32.2. The first-order chi connectivity index (χ1) is 12.4. The van der Waals surface area contributed by atoms with E-state index in [4.69, 9.17) is 10.5 Å². The van der Waals surface area contributed by atoms with Crippen molar-refractivity contribution in [2.24, 2.45) is 17.1 Å². The van der Waals surface area contributed by atoms with Crippen LogP contribution in [0, 0.1) is 11.3 Å². The van der Waals surface area contributed by atoms with Crippen LogP contribution in [0.2, 0.25) is 0 Å². The van der Waals surface area contributed by atoms with Gasteiger partial charge in [0.15, 0.2) is 0 Å². The Labute approximate surface area is 152 Å². The maximum atomic E-state index is 12.7. The van der Waals surface area contributed by atoms with Crippen LogP contribution in [0.3, 0.4) is 0 Å². The van der Waals surface area contributed by atoms with E-state index < -0.39 is 27.3 Å². The van der Waals surface area contributed by atoms with Gasteiger partial charge in [-0.15, -0.1) is 0 Å². The Morgan fingerprint density at radius 3 is 2.77 bits per heavy atom. The van der Waals surface area contributed by atoms with E-state index in [1.54, 1.807) is 24.3 Å². The minimum absolute atomic E-state index is 0.129. The van der Waals surface area contributed by atoms with Crippen molar-refractivity contribution in [1.29, 1.82) is 0 Å². The van der Waals surface area contributed by atoms with Crippen LogP contribution in [0.15, 0.2) is 41.3 Å². The zero-order valence-corrected chi connectivity index (χ0v) is 15.1. The highest BCUT2D eigenvalue weighted by Gasteiger charge is 2.64. The van der Waals surface area contributed by atoms with Crippen LogP contribution in [0.4, 0.5) is 0 Å². The van der Waals surface area contributed by atoms with Crippen LogP contribution in [0.25, 0.3) is 0 Å². The number of ether oxygens (including phenoxy) is 1. The van der Waals surface area contributed by atoms with Gasteiger partial charge in [0.1, 0.15) is 16.1 Å². The molecule has 0 saturated heterocycles. The summed E-state index contributed by atoms with van der Waals surface area (Å²) in [6.07, 6.45) is 7.43. The molecule has 1 aliphatic carbocycles. The minimum Gasteiger partial charge on any atom is -0.492 e. The first-order valence-electron chi connectivity index (χ1n) is 8.63. The number of carbonyl (C=O) groups is 2. The van der Waals surface area contributed by atoms with Gasteiger partial charge in [-0.05, 0) is 44.2 Å². The second-order valence-electron chi connectivity index (χ2n) is 6.65. The smallest absolute Gasteiger partial charge is 0.267 e. The third kappa shape index (κ3) is 3.46. The standard InChI is InChI=1S/C18H22N2O5S/c19-16(21)18-12-13(18)8-4-2-1-3-7-11-25-14-9-5-6-10-15(14)26(23,24)20-17(18)22/h4-6,8-10,13H,1-3,7,11-12H2,(H2,19,21)(H,20,22)/b8-4-/t13-,18-/m1/s1. The zero-order valence-electron chi connectivity index (χ0n) is 14.3. The lowest BCUT2D eigenvalue weighted by atomic mass is 10.0. The second-order valence-corrected chi connectivity index (χ2v) is 8.30. The summed E-state index contributed by atoms with van der Waals surface area (Å²) in [5, 5.41) is 0. The van der Waals surface area contributed by atoms with E-state index in [-0.39, 0.29) is 23.0 Å². The molecule has 1 aromatic carbocycles. The molecule has 1 aliphatic heterocycles. The van der Waals surface area contributed by atoms with Gasteiger partial charge in [0.05, 0.1) is 6.61 Å². The molecule has 2 aliphatic rings. The van der Waals surface area contributed by atoms with Crippen LogP contribution in [0.1, 0.15) is 32.1 Å². The Hall–Kier alpha value is -2.35. The lowest BCUT2D eigenvalue weighted by Crippen LogP contribution is -2.44. The average Bonchev–Trinajstić information content (AvgIpc) is 3.32. The molecular weight excluding hydrogens is 356 g/mol. The number of carbonyl (C=O) groups excluding carboxylic acids is 2. The van der Waals surface area contributed by atoms with E-state index in [9.17, 15) is 18.0 Å². The monoisotopic (exact) mass is 378 g/mol. The number of benzene rings is 1. The van der Waals surface area contributed by atoms with E-state index in [2.05, 4.69) is 0 Å². The van der Waals surface area contributed by atoms with Crippen LogP contribution >= 0.6 is 0 Å². The van der Waals surface area contributed by atoms with Gasteiger partial charge in [0, 0.05) is 5.92 Å². The number of fused-ring (bicyclic) bond motifs is 2. The maximum Gasteiger partial charge on any atom is 0.267 e. The predicted molar refractivity (Wildman–Crippen MR) is 94.6 cm³/mol. The van der Waals surface area contributed by atoms with E-state index in [0.29, 0.717) is 6.61 Å². The summed E-state index contributed by atoms with van der Waals surface area (Å²) in [6.45, 7) is 0.387. The molecule has 2 amide bonds.